The Hall–Kier alpha value is -1.88. The van der Waals surface area contributed by atoms with Gasteiger partial charge >= 0.3 is 5.97 Å². The summed E-state index contributed by atoms with van der Waals surface area (Å²) in [6.07, 6.45) is 0. The SMILES string of the molecule is COC(=O)C(CN1CCNC(=O)C1C)c1ccccc1. The summed E-state index contributed by atoms with van der Waals surface area (Å²) < 4.78 is 4.90. The highest BCUT2D eigenvalue weighted by Gasteiger charge is 2.31. The number of nitrogens with one attached hydrogen (secondary N) is 1. The number of hydrogen-bond donors (Lipinski definition) is 1. The second-order valence-corrected chi connectivity index (χ2v) is 4.95. The number of methoxy groups -OCH3 is 1. The number of ether oxygens (including phenoxy) is 1. The fraction of sp³-hybridized carbons (Fsp3) is 0.467. The number of carbonyl (C=O) groups excluding carboxylic acids is 2. The van der Waals surface area contributed by atoms with E-state index in [2.05, 4.69) is 5.32 Å². The zero-order chi connectivity index (χ0) is 14.5. The summed E-state index contributed by atoms with van der Waals surface area (Å²) in [5.74, 6) is -0.628. The van der Waals surface area contributed by atoms with Crippen LogP contribution in [0.5, 0.6) is 0 Å². The van der Waals surface area contributed by atoms with Crippen molar-refractivity contribution < 1.29 is 14.3 Å². The molecular formula is C15H20N2O3. The molecule has 0 aromatic heterocycles. The number of piperazine rings is 1. The molecule has 1 heterocycles. The second-order valence-electron chi connectivity index (χ2n) is 4.95. The van der Waals surface area contributed by atoms with Crippen molar-refractivity contribution in [2.45, 2.75) is 18.9 Å². The molecule has 108 valence electrons. The molecule has 1 aromatic carbocycles. The summed E-state index contributed by atoms with van der Waals surface area (Å²) >= 11 is 0. The van der Waals surface area contributed by atoms with Crippen LogP contribution in [0, 0.1) is 0 Å². The average molecular weight is 276 g/mol. The second kappa shape index (κ2) is 6.52. The summed E-state index contributed by atoms with van der Waals surface area (Å²) in [5, 5.41) is 2.82. The number of amides is 1. The zero-order valence-electron chi connectivity index (χ0n) is 11.8. The summed E-state index contributed by atoms with van der Waals surface area (Å²) in [4.78, 5) is 25.7. The highest BCUT2D eigenvalue weighted by atomic mass is 16.5. The third-order valence-corrected chi connectivity index (χ3v) is 3.73. The van der Waals surface area contributed by atoms with Gasteiger partial charge in [-0.1, -0.05) is 30.3 Å². The van der Waals surface area contributed by atoms with Crippen molar-refractivity contribution in [3.63, 3.8) is 0 Å². The minimum absolute atomic E-state index is 0.00734. The predicted octanol–water partition coefficient (Wildman–Crippen LogP) is 0.763. The van der Waals surface area contributed by atoms with E-state index in [-0.39, 0.29) is 23.8 Å². The van der Waals surface area contributed by atoms with Crippen LogP contribution in [0.1, 0.15) is 18.4 Å². The standard InChI is InChI=1S/C15H20N2O3/c1-11-14(18)16-8-9-17(11)10-13(15(19)20-2)12-6-4-3-5-7-12/h3-7,11,13H,8-10H2,1-2H3,(H,16,18). The highest BCUT2D eigenvalue weighted by Crippen LogP contribution is 2.20. The monoisotopic (exact) mass is 276 g/mol. The first-order chi connectivity index (χ1) is 9.63. The molecule has 1 amide bonds. The molecule has 0 bridgehead atoms. The first kappa shape index (κ1) is 14.5. The van der Waals surface area contributed by atoms with Gasteiger partial charge in [0.1, 0.15) is 0 Å². The molecule has 2 unspecified atom stereocenters. The predicted molar refractivity (Wildman–Crippen MR) is 75.2 cm³/mol. The Kier molecular flexibility index (Phi) is 4.74. The minimum atomic E-state index is -0.366. The largest absolute Gasteiger partial charge is 0.469 e. The molecule has 2 atom stereocenters. The molecule has 2 rings (SSSR count). The van der Waals surface area contributed by atoms with E-state index < -0.39 is 0 Å². The smallest absolute Gasteiger partial charge is 0.314 e. The van der Waals surface area contributed by atoms with E-state index in [9.17, 15) is 9.59 Å². The number of benzene rings is 1. The van der Waals surface area contributed by atoms with Gasteiger partial charge in [0, 0.05) is 19.6 Å². The Bertz CT molecular complexity index is 475. The van der Waals surface area contributed by atoms with Gasteiger partial charge in [0.05, 0.1) is 19.1 Å². The molecule has 1 fully saturated rings. The Morgan fingerprint density at radius 1 is 1.45 bits per heavy atom. The lowest BCUT2D eigenvalue weighted by Gasteiger charge is -2.34. The normalized spacial score (nSPS) is 21.1. The molecule has 5 nitrogen and oxygen atoms in total. The summed E-state index contributed by atoms with van der Waals surface area (Å²) in [6, 6.07) is 9.32. The Morgan fingerprint density at radius 3 is 2.80 bits per heavy atom. The van der Waals surface area contributed by atoms with Gasteiger partial charge in [0.15, 0.2) is 0 Å². The van der Waals surface area contributed by atoms with Gasteiger partial charge in [-0.15, -0.1) is 0 Å². The van der Waals surface area contributed by atoms with Crippen LogP contribution in [0.25, 0.3) is 0 Å². The van der Waals surface area contributed by atoms with Crippen LogP contribution in [0.4, 0.5) is 0 Å². The molecule has 0 saturated carbocycles. The van der Waals surface area contributed by atoms with Gasteiger partial charge in [-0.25, -0.2) is 0 Å². The van der Waals surface area contributed by atoms with Crippen molar-refractivity contribution in [2.75, 3.05) is 26.7 Å². The van der Waals surface area contributed by atoms with E-state index in [0.717, 1.165) is 12.1 Å². The molecule has 0 spiro atoms. The van der Waals surface area contributed by atoms with Crippen LogP contribution in [-0.2, 0) is 14.3 Å². The lowest BCUT2D eigenvalue weighted by molar-refractivity contribution is -0.144. The zero-order valence-corrected chi connectivity index (χ0v) is 11.8. The maximum Gasteiger partial charge on any atom is 0.314 e. The number of hydrogen-bond acceptors (Lipinski definition) is 4. The molecular weight excluding hydrogens is 256 g/mol. The summed E-state index contributed by atoms with van der Waals surface area (Å²) in [6.45, 7) is 3.71. The molecule has 1 aromatic rings. The lowest BCUT2D eigenvalue weighted by atomic mass is 9.97. The van der Waals surface area contributed by atoms with Crippen molar-refractivity contribution in [2.24, 2.45) is 0 Å². The van der Waals surface area contributed by atoms with Crippen LogP contribution in [0.15, 0.2) is 30.3 Å². The first-order valence-electron chi connectivity index (χ1n) is 6.78. The van der Waals surface area contributed by atoms with E-state index in [0.29, 0.717) is 13.1 Å². The van der Waals surface area contributed by atoms with E-state index in [1.807, 2.05) is 42.2 Å². The van der Waals surface area contributed by atoms with Crippen LogP contribution in [0.2, 0.25) is 0 Å². The van der Waals surface area contributed by atoms with Gasteiger partial charge in [0.2, 0.25) is 5.91 Å². The van der Waals surface area contributed by atoms with Crippen LogP contribution >= 0.6 is 0 Å². The van der Waals surface area contributed by atoms with Crippen molar-refractivity contribution in [3.05, 3.63) is 35.9 Å². The van der Waals surface area contributed by atoms with Gasteiger partial charge in [0.25, 0.3) is 0 Å². The number of rotatable bonds is 4. The van der Waals surface area contributed by atoms with Crippen LogP contribution in [0.3, 0.4) is 0 Å². The van der Waals surface area contributed by atoms with Gasteiger partial charge in [-0.05, 0) is 12.5 Å². The van der Waals surface area contributed by atoms with E-state index in [4.69, 9.17) is 4.74 Å². The molecule has 1 saturated heterocycles. The van der Waals surface area contributed by atoms with E-state index in [1.54, 1.807) is 0 Å². The van der Waals surface area contributed by atoms with E-state index >= 15 is 0 Å². The maximum absolute atomic E-state index is 12.0. The molecule has 1 N–H and O–H groups in total. The average Bonchev–Trinajstić information content (AvgIpc) is 2.49. The fourth-order valence-corrected chi connectivity index (χ4v) is 2.46. The van der Waals surface area contributed by atoms with Crippen molar-refractivity contribution in [3.8, 4) is 0 Å². The van der Waals surface area contributed by atoms with Crippen molar-refractivity contribution >= 4 is 11.9 Å². The Morgan fingerprint density at radius 2 is 2.15 bits per heavy atom. The maximum atomic E-state index is 12.0. The first-order valence-corrected chi connectivity index (χ1v) is 6.78. The van der Waals surface area contributed by atoms with Crippen molar-refractivity contribution in [1.29, 1.82) is 0 Å². The lowest BCUT2D eigenvalue weighted by Crippen LogP contribution is -2.55. The van der Waals surface area contributed by atoms with Crippen LogP contribution < -0.4 is 5.32 Å². The number of esters is 1. The molecule has 5 heteroatoms. The van der Waals surface area contributed by atoms with Crippen LogP contribution in [-0.4, -0.2) is 49.6 Å². The molecule has 0 radical (unpaired) electrons. The quantitative estimate of drug-likeness (QED) is 0.825. The summed E-state index contributed by atoms with van der Waals surface area (Å²) in [7, 11) is 1.39. The molecule has 20 heavy (non-hydrogen) atoms. The molecule has 0 aliphatic carbocycles. The van der Waals surface area contributed by atoms with E-state index in [1.165, 1.54) is 7.11 Å². The topological polar surface area (TPSA) is 58.6 Å². The Labute approximate surface area is 118 Å². The fourth-order valence-electron chi connectivity index (χ4n) is 2.46. The third kappa shape index (κ3) is 3.17. The number of nitrogens with zero attached hydrogens (tertiary/aromatic N) is 1. The highest BCUT2D eigenvalue weighted by molar-refractivity contribution is 5.82. The number of carbonyl (C=O) groups is 2. The molecule has 1 aliphatic heterocycles. The van der Waals surface area contributed by atoms with Gasteiger partial charge in [-0.2, -0.15) is 0 Å². The van der Waals surface area contributed by atoms with Gasteiger partial charge in [-0.3, -0.25) is 14.5 Å². The summed E-state index contributed by atoms with van der Waals surface area (Å²) in [5.41, 5.74) is 0.914. The molecule has 1 aliphatic rings. The Balaban J connectivity index is 2.16. The van der Waals surface area contributed by atoms with Crippen molar-refractivity contribution in [1.82, 2.24) is 10.2 Å². The third-order valence-electron chi connectivity index (χ3n) is 3.73. The van der Waals surface area contributed by atoms with Gasteiger partial charge < -0.3 is 10.1 Å². The minimum Gasteiger partial charge on any atom is -0.469 e.